The molecular weight excluding hydrogens is 1050 g/mol. The Kier molecular flexibility index (Phi) is 22.3. The van der Waals surface area contributed by atoms with E-state index in [0.29, 0.717) is 0 Å². The van der Waals surface area contributed by atoms with E-state index in [9.17, 15) is 0 Å². The maximum Gasteiger partial charge on any atom is 0.0978 e. The van der Waals surface area contributed by atoms with Crippen molar-refractivity contribution in [2.24, 2.45) is 0 Å². The van der Waals surface area contributed by atoms with Crippen LogP contribution in [0.3, 0.4) is 0 Å². The minimum absolute atomic E-state index is 0.0594. The molecule has 2 aliphatic rings. The van der Waals surface area contributed by atoms with Crippen LogP contribution in [0.15, 0.2) is 99.9 Å². The predicted molar refractivity (Wildman–Crippen MR) is 342 cm³/mol. The Bertz CT molecular complexity index is 2540. The molecule has 0 aliphatic heterocycles. The van der Waals surface area contributed by atoms with Gasteiger partial charge in [-0.3, -0.25) is 0 Å². The van der Waals surface area contributed by atoms with Crippen LogP contribution in [0.2, 0.25) is 10.1 Å². The first-order valence-corrected chi connectivity index (χ1v) is 34.2. The number of unbranched alkanes of at least 4 members (excludes halogenated alkanes) is 20. The van der Waals surface area contributed by atoms with E-state index in [1.54, 1.807) is 33.0 Å². The zero-order valence-corrected chi connectivity index (χ0v) is 53.4. The molecule has 75 heavy (non-hydrogen) atoms. The van der Waals surface area contributed by atoms with E-state index in [4.69, 9.17) is 0 Å². The van der Waals surface area contributed by atoms with Crippen molar-refractivity contribution in [2.75, 3.05) is 0 Å². The topological polar surface area (TPSA) is 0 Å². The highest BCUT2D eigenvalue weighted by Gasteiger charge is 2.48. The number of hydrogen-bond donors (Lipinski definition) is 0. The lowest BCUT2D eigenvalue weighted by Gasteiger charge is -2.42. The van der Waals surface area contributed by atoms with Gasteiger partial charge >= 0.3 is 0 Å². The molecule has 0 spiro atoms. The minimum atomic E-state index is -1.21. The second-order valence-corrected chi connectivity index (χ2v) is 31.8. The monoisotopic (exact) mass is 1150 g/mol. The molecule has 0 saturated heterocycles. The number of hydrogen-bond acceptors (Lipinski definition) is 0. The van der Waals surface area contributed by atoms with Crippen LogP contribution in [-0.2, 0) is 10.8 Å². The van der Waals surface area contributed by atoms with E-state index in [1.807, 2.05) is 0 Å². The Morgan fingerprint density at radius 2 is 0.653 bits per heavy atom. The highest BCUT2D eigenvalue weighted by Crippen LogP contribution is 2.61. The van der Waals surface area contributed by atoms with Crippen LogP contribution < -0.4 is 5.19 Å². The number of fused-ring (bicyclic) bond motifs is 6. The Labute approximate surface area is 479 Å². The van der Waals surface area contributed by atoms with Crippen molar-refractivity contribution in [3.63, 3.8) is 0 Å². The molecular formula is C72H101Br2Si. The van der Waals surface area contributed by atoms with Crippen LogP contribution in [0.25, 0.3) is 44.5 Å². The third-order valence-electron chi connectivity index (χ3n) is 17.9. The van der Waals surface area contributed by atoms with Crippen molar-refractivity contribution in [1.82, 2.24) is 0 Å². The van der Waals surface area contributed by atoms with Crippen molar-refractivity contribution < 1.29 is 0 Å². The summed E-state index contributed by atoms with van der Waals surface area (Å²) in [6, 6.07) is 37.6. The molecule has 0 bridgehead atoms. The molecule has 407 valence electrons. The van der Waals surface area contributed by atoms with Crippen LogP contribution in [0.5, 0.6) is 0 Å². The van der Waals surface area contributed by atoms with Gasteiger partial charge in [0.2, 0.25) is 0 Å². The van der Waals surface area contributed by atoms with Crippen LogP contribution in [-0.4, -0.2) is 8.80 Å². The normalized spacial score (nSPS) is 14.4. The van der Waals surface area contributed by atoms with E-state index in [0.717, 1.165) is 0 Å². The lowest BCUT2D eigenvalue weighted by Crippen LogP contribution is -2.47. The molecule has 0 saturated carbocycles. The fraction of sp³-hybridized carbons (Fsp3) is 0.583. The third-order valence-corrected chi connectivity index (χ3v) is 22.8. The first-order chi connectivity index (χ1) is 36.2. The summed E-state index contributed by atoms with van der Waals surface area (Å²) >= 11 is 8.16. The number of benzene rings is 5. The molecule has 0 heterocycles. The third kappa shape index (κ3) is 13.8. The van der Waals surface area contributed by atoms with Crippen molar-refractivity contribution in [3.05, 3.63) is 122 Å². The smallest absolute Gasteiger partial charge is 0.0654 e. The molecule has 0 unspecified atom stereocenters. The molecule has 5 aromatic carbocycles. The SMILES string of the molecule is CCCCCCCCC1(CCCCCCCC)c2cc(Br)ccc2-c2cccc(-c3cccc([Si](C(C)(C)C)C(C)(C)C)c3-c3cccc4c3C(CCCCCCCC)(CCCCCCCC)c3cc(Br)ccc3-4)c21. The predicted octanol–water partition coefficient (Wildman–Crippen LogP) is 24.4. The number of halogens is 2. The van der Waals surface area contributed by atoms with E-state index in [-0.39, 0.29) is 20.9 Å². The van der Waals surface area contributed by atoms with Gasteiger partial charge in [0.15, 0.2) is 0 Å². The van der Waals surface area contributed by atoms with Crippen molar-refractivity contribution >= 4 is 45.8 Å². The molecule has 0 atom stereocenters. The molecule has 0 fully saturated rings. The summed E-state index contributed by atoms with van der Waals surface area (Å²) in [7, 11) is -1.21. The summed E-state index contributed by atoms with van der Waals surface area (Å²) in [4.78, 5) is 0. The van der Waals surface area contributed by atoms with Gasteiger partial charge in [0.05, 0.1) is 8.80 Å². The van der Waals surface area contributed by atoms with Crippen LogP contribution >= 0.6 is 31.9 Å². The van der Waals surface area contributed by atoms with Crippen molar-refractivity contribution in [2.45, 2.75) is 270 Å². The summed E-state index contributed by atoms with van der Waals surface area (Å²) < 4.78 is 2.44. The van der Waals surface area contributed by atoms with Gasteiger partial charge in [0.1, 0.15) is 0 Å². The quantitative estimate of drug-likeness (QED) is 0.0306. The average Bonchev–Trinajstić information content (AvgIpc) is 3.83. The fourth-order valence-electron chi connectivity index (χ4n) is 14.9. The fourth-order valence-corrected chi connectivity index (χ4v) is 20.3. The maximum atomic E-state index is 4.09. The Morgan fingerprint density at radius 1 is 0.347 bits per heavy atom. The van der Waals surface area contributed by atoms with Gasteiger partial charge in [0, 0.05) is 19.8 Å². The lowest BCUT2D eigenvalue weighted by molar-refractivity contribution is 0.398. The second-order valence-electron chi connectivity index (χ2n) is 25.7. The largest absolute Gasteiger partial charge is 0.0978 e. The summed E-state index contributed by atoms with van der Waals surface area (Å²) in [5.74, 6) is 0. The number of rotatable bonds is 31. The molecule has 2 aliphatic carbocycles. The molecule has 0 aromatic heterocycles. The Balaban J connectivity index is 1.53. The van der Waals surface area contributed by atoms with Gasteiger partial charge in [0.25, 0.3) is 0 Å². The molecule has 0 N–H and O–H groups in total. The lowest BCUT2D eigenvalue weighted by atomic mass is 9.67. The van der Waals surface area contributed by atoms with Gasteiger partial charge < -0.3 is 0 Å². The van der Waals surface area contributed by atoms with Crippen LogP contribution in [0.1, 0.15) is 271 Å². The van der Waals surface area contributed by atoms with E-state index in [1.165, 1.54) is 228 Å². The molecule has 1 radical (unpaired) electrons. The molecule has 0 nitrogen and oxygen atoms in total. The van der Waals surface area contributed by atoms with Gasteiger partial charge in [-0.1, -0.05) is 327 Å². The zero-order chi connectivity index (χ0) is 53.6. The van der Waals surface area contributed by atoms with Gasteiger partial charge in [-0.15, -0.1) is 0 Å². The Hall–Kier alpha value is -2.72. The van der Waals surface area contributed by atoms with Crippen molar-refractivity contribution in [3.8, 4) is 44.5 Å². The molecule has 0 amide bonds. The zero-order valence-electron chi connectivity index (χ0n) is 49.2. The summed E-state index contributed by atoms with van der Waals surface area (Å²) in [5, 5.41) is 1.87. The highest BCUT2D eigenvalue weighted by molar-refractivity contribution is 9.10. The summed E-state index contributed by atoms with van der Waals surface area (Å²) in [5.41, 5.74) is 18.3. The van der Waals surface area contributed by atoms with Gasteiger partial charge in [-0.2, -0.15) is 0 Å². The van der Waals surface area contributed by atoms with Crippen LogP contribution in [0.4, 0.5) is 0 Å². The maximum absolute atomic E-state index is 4.09. The van der Waals surface area contributed by atoms with Crippen LogP contribution in [0, 0.1) is 0 Å². The first-order valence-electron chi connectivity index (χ1n) is 31.1. The molecule has 5 aromatic rings. The Morgan fingerprint density at radius 3 is 1.03 bits per heavy atom. The average molecular weight is 1150 g/mol. The standard InChI is InChI=1S/C72H101Br2Si/c1-11-15-19-23-27-31-48-71(49-32-28-24-20-16-12-2)63-52-54(73)44-46-56(63)59-39-35-41-61(67(59)71)58-38-37-43-65(75(69(5,6)7)70(8,9)10)66(58)62-42-36-40-60-57-47-45-55(74)53-64(57)72(68(60)62,50-33-29-25-21-17-13-3)51-34-30-26-22-18-14-4/h35-47,52-53H,11-34,48-51H2,1-10H3. The van der Waals surface area contributed by atoms with E-state index in [2.05, 4.69) is 192 Å². The van der Waals surface area contributed by atoms with E-state index < -0.39 is 8.80 Å². The summed E-state index contributed by atoms with van der Waals surface area (Å²) in [6.07, 6.45) is 36.5. The van der Waals surface area contributed by atoms with Gasteiger partial charge in [-0.25, -0.2) is 0 Å². The minimum Gasteiger partial charge on any atom is -0.0654 e. The second kappa shape index (κ2) is 27.9. The molecule has 7 rings (SSSR count). The highest BCUT2D eigenvalue weighted by atomic mass is 79.9. The van der Waals surface area contributed by atoms with E-state index >= 15 is 0 Å². The van der Waals surface area contributed by atoms with Crippen molar-refractivity contribution in [1.29, 1.82) is 0 Å². The first kappa shape index (κ1) is 59.9. The molecule has 3 heteroatoms. The van der Waals surface area contributed by atoms with Gasteiger partial charge in [-0.05, 0) is 127 Å². The summed E-state index contributed by atoms with van der Waals surface area (Å²) in [6.45, 7) is 24.8.